The minimum atomic E-state index is 0.705. The number of aromatic nitrogens is 3. The topological polar surface area (TPSA) is 70.4 Å². The summed E-state index contributed by atoms with van der Waals surface area (Å²) in [7, 11) is 7.00. The van der Waals surface area contributed by atoms with E-state index >= 15 is 0 Å². The molecule has 0 spiro atoms. The second-order valence-corrected chi connectivity index (χ2v) is 7.14. The maximum atomic E-state index is 5.47. The van der Waals surface area contributed by atoms with Crippen LogP contribution in [0.4, 0.5) is 5.95 Å². The van der Waals surface area contributed by atoms with Crippen molar-refractivity contribution < 1.29 is 14.2 Å². The van der Waals surface area contributed by atoms with Crippen LogP contribution < -0.4 is 19.5 Å². The Hall–Kier alpha value is -3.74. The van der Waals surface area contributed by atoms with Crippen molar-refractivity contribution in [2.75, 3.05) is 33.2 Å². The molecule has 0 aliphatic heterocycles. The summed E-state index contributed by atoms with van der Waals surface area (Å²) in [6.07, 6.45) is 2.58. The van der Waals surface area contributed by atoms with Crippen LogP contribution in [-0.4, -0.2) is 42.4 Å². The summed E-state index contributed by atoms with van der Waals surface area (Å²) in [5, 5.41) is 3.42. The molecule has 2 aromatic carbocycles. The van der Waals surface area contributed by atoms with Crippen molar-refractivity contribution in [3.63, 3.8) is 0 Å². The fourth-order valence-corrected chi connectivity index (χ4v) is 3.58. The van der Waals surface area contributed by atoms with Crippen molar-refractivity contribution in [2.45, 2.75) is 6.42 Å². The molecule has 0 atom stereocenters. The van der Waals surface area contributed by atoms with Crippen LogP contribution in [0.1, 0.15) is 5.56 Å². The van der Waals surface area contributed by atoms with Crippen molar-refractivity contribution >= 4 is 17.0 Å². The highest BCUT2D eigenvalue weighted by atomic mass is 16.5. The lowest BCUT2D eigenvalue weighted by molar-refractivity contribution is 0.399. The predicted octanol–water partition coefficient (Wildman–Crippen LogP) is 4.32. The molecule has 0 fully saturated rings. The standard InChI is InChI=1S/C24H26N4O3/c1-28-22-14-20(16-6-5-7-18(12-16)29-2)26-15-21(22)27-24(28)25-11-10-17-13-19(30-3)8-9-23(17)31-4/h5-9,12-15H,10-11H2,1-4H3,(H,25,27). The maximum absolute atomic E-state index is 5.47. The van der Waals surface area contributed by atoms with E-state index in [1.807, 2.05) is 60.1 Å². The van der Waals surface area contributed by atoms with E-state index in [0.717, 1.165) is 57.5 Å². The molecule has 4 aromatic rings. The van der Waals surface area contributed by atoms with Crippen LogP contribution >= 0.6 is 0 Å². The molecule has 7 heteroatoms. The van der Waals surface area contributed by atoms with Crippen molar-refractivity contribution in [3.8, 4) is 28.5 Å². The molecule has 2 aromatic heterocycles. The zero-order valence-electron chi connectivity index (χ0n) is 18.2. The molecule has 0 saturated heterocycles. The van der Waals surface area contributed by atoms with Gasteiger partial charge in [-0.05, 0) is 48.4 Å². The smallest absolute Gasteiger partial charge is 0.203 e. The van der Waals surface area contributed by atoms with Crippen LogP contribution in [0.25, 0.3) is 22.3 Å². The lowest BCUT2D eigenvalue weighted by atomic mass is 10.1. The minimum absolute atomic E-state index is 0.705. The molecule has 4 rings (SSSR count). The number of rotatable bonds is 8. The Bertz CT molecular complexity index is 1200. The zero-order valence-corrected chi connectivity index (χ0v) is 18.2. The van der Waals surface area contributed by atoms with Crippen LogP contribution in [0.3, 0.4) is 0 Å². The van der Waals surface area contributed by atoms with Crippen molar-refractivity contribution in [1.82, 2.24) is 14.5 Å². The van der Waals surface area contributed by atoms with Gasteiger partial charge in [-0.15, -0.1) is 0 Å². The van der Waals surface area contributed by atoms with Gasteiger partial charge in [0, 0.05) is 19.2 Å². The molecule has 31 heavy (non-hydrogen) atoms. The van der Waals surface area contributed by atoms with Gasteiger partial charge < -0.3 is 24.1 Å². The first-order valence-electron chi connectivity index (χ1n) is 10.0. The van der Waals surface area contributed by atoms with Crippen LogP contribution in [0.15, 0.2) is 54.7 Å². The van der Waals surface area contributed by atoms with E-state index in [2.05, 4.69) is 10.3 Å². The highest BCUT2D eigenvalue weighted by Crippen LogP contribution is 2.27. The maximum Gasteiger partial charge on any atom is 0.203 e. The summed E-state index contributed by atoms with van der Waals surface area (Å²) in [4.78, 5) is 9.28. The average Bonchev–Trinajstić information content (AvgIpc) is 3.13. The molecular weight excluding hydrogens is 392 g/mol. The number of ether oxygens (including phenoxy) is 3. The Morgan fingerprint density at radius 3 is 2.52 bits per heavy atom. The summed E-state index contributed by atoms with van der Waals surface area (Å²) in [6, 6.07) is 15.8. The number of aryl methyl sites for hydroxylation is 1. The number of hydrogen-bond acceptors (Lipinski definition) is 6. The van der Waals surface area contributed by atoms with Crippen LogP contribution in [0, 0.1) is 0 Å². The van der Waals surface area contributed by atoms with E-state index in [9.17, 15) is 0 Å². The second-order valence-electron chi connectivity index (χ2n) is 7.14. The number of nitrogens with zero attached hydrogens (tertiary/aromatic N) is 3. The number of methoxy groups -OCH3 is 3. The fourth-order valence-electron chi connectivity index (χ4n) is 3.58. The third kappa shape index (κ3) is 4.26. The third-order valence-corrected chi connectivity index (χ3v) is 5.30. The highest BCUT2D eigenvalue weighted by molar-refractivity contribution is 5.82. The van der Waals surface area contributed by atoms with Gasteiger partial charge in [-0.2, -0.15) is 0 Å². The molecule has 0 saturated carbocycles. The summed E-state index contributed by atoms with van der Waals surface area (Å²) in [6.45, 7) is 0.705. The van der Waals surface area contributed by atoms with Gasteiger partial charge in [-0.1, -0.05) is 12.1 Å². The number of benzene rings is 2. The molecule has 0 aliphatic carbocycles. The van der Waals surface area contributed by atoms with E-state index < -0.39 is 0 Å². The van der Waals surface area contributed by atoms with Crippen molar-refractivity contribution in [3.05, 3.63) is 60.3 Å². The molecule has 0 bridgehead atoms. The average molecular weight is 418 g/mol. The molecule has 160 valence electrons. The molecule has 1 N–H and O–H groups in total. The molecule has 7 nitrogen and oxygen atoms in total. The summed E-state index contributed by atoms with van der Waals surface area (Å²) >= 11 is 0. The monoisotopic (exact) mass is 418 g/mol. The molecule has 0 unspecified atom stereocenters. The number of imidazole rings is 1. The van der Waals surface area contributed by atoms with E-state index in [0.29, 0.717) is 6.54 Å². The number of anilines is 1. The van der Waals surface area contributed by atoms with Gasteiger partial charge in [0.1, 0.15) is 22.8 Å². The van der Waals surface area contributed by atoms with Crippen LogP contribution in [-0.2, 0) is 13.5 Å². The van der Waals surface area contributed by atoms with E-state index in [-0.39, 0.29) is 0 Å². The van der Waals surface area contributed by atoms with Crippen molar-refractivity contribution in [2.24, 2.45) is 7.05 Å². The van der Waals surface area contributed by atoms with Gasteiger partial charge in [0.05, 0.1) is 38.7 Å². The Labute approximate surface area is 181 Å². The normalized spacial score (nSPS) is 10.8. The molecule has 0 aliphatic rings. The van der Waals surface area contributed by atoms with Gasteiger partial charge in [0.25, 0.3) is 0 Å². The Morgan fingerprint density at radius 2 is 1.74 bits per heavy atom. The largest absolute Gasteiger partial charge is 0.497 e. The number of hydrogen-bond donors (Lipinski definition) is 1. The zero-order chi connectivity index (χ0) is 21.8. The first kappa shape index (κ1) is 20.5. The van der Waals surface area contributed by atoms with E-state index in [4.69, 9.17) is 19.2 Å². The van der Waals surface area contributed by atoms with Crippen LogP contribution in [0.2, 0.25) is 0 Å². The van der Waals surface area contributed by atoms with Gasteiger partial charge in [-0.25, -0.2) is 4.98 Å². The predicted molar refractivity (Wildman–Crippen MR) is 122 cm³/mol. The van der Waals surface area contributed by atoms with Gasteiger partial charge in [0.15, 0.2) is 0 Å². The highest BCUT2D eigenvalue weighted by Gasteiger charge is 2.11. The van der Waals surface area contributed by atoms with Crippen LogP contribution in [0.5, 0.6) is 17.2 Å². The van der Waals surface area contributed by atoms with E-state index in [1.54, 1.807) is 27.5 Å². The van der Waals surface area contributed by atoms with Crippen molar-refractivity contribution in [1.29, 1.82) is 0 Å². The first-order valence-corrected chi connectivity index (χ1v) is 10.0. The fraction of sp³-hybridized carbons (Fsp3) is 0.250. The summed E-state index contributed by atoms with van der Waals surface area (Å²) in [5.74, 6) is 3.26. The molecule has 0 amide bonds. The van der Waals surface area contributed by atoms with Gasteiger partial charge in [0.2, 0.25) is 5.95 Å². The molecular formula is C24H26N4O3. The lowest BCUT2D eigenvalue weighted by Gasteiger charge is -2.11. The van der Waals surface area contributed by atoms with E-state index in [1.165, 1.54) is 0 Å². The van der Waals surface area contributed by atoms with Gasteiger partial charge in [-0.3, -0.25) is 4.98 Å². The Kier molecular flexibility index (Phi) is 5.93. The molecule has 2 heterocycles. The summed E-state index contributed by atoms with van der Waals surface area (Å²) in [5.41, 5.74) is 4.81. The molecule has 0 radical (unpaired) electrons. The number of nitrogens with one attached hydrogen (secondary N) is 1. The Balaban J connectivity index is 1.53. The Morgan fingerprint density at radius 1 is 0.935 bits per heavy atom. The second kappa shape index (κ2) is 8.95. The summed E-state index contributed by atoms with van der Waals surface area (Å²) < 4.78 is 18.2. The SMILES string of the molecule is COc1cccc(-c2cc3c(cn2)nc(NCCc2cc(OC)ccc2OC)n3C)c1. The quantitative estimate of drug-likeness (QED) is 0.460. The first-order chi connectivity index (χ1) is 15.1. The lowest BCUT2D eigenvalue weighted by Crippen LogP contribution is -2.09. The number of fused-ring (bicyclic) bond motifs is 1. The minimum Gasteiger partial charge on any atom is -0.497 e. The third-order valence-electron chi connectivity index (χ3n) is 5.30. The van der Waals surface area contributed by atoms with Gasteiger partial charge >= 0.3 is 0 Å². The number of pyridine rings is 1.